The van der Waals surface area contributed by atoms with Crippen LogP contribution in [0.1, 0.15) is 40.5 Å². The van der Waals surface area contributed by atoms with Crippen molar-refractivity contribution < 1.29 is 127 Å². The van der Waals surface area contributed by atoms with Gasteiger partial charge in [0.1, 0.15) is 0 Å². The summed E-state index contributed by atoms with van der Waals surface area (Å²) in [6.45, 7) is 21.0. The van der Waals surface area contributed by atoms with Crippen molar-refractivity contribution >= 4 is 25.1 Å². The van der Waals surface area contributed by atoms with E-state index in [1.54, 1.807) is 0 Å². The van der Waals surface area contributed by atoms with E-state index in [0.29, 0.717) is 24.7 Å². The number of hydrogen-bond donors (Lipinski definition) is 0. The van der Waals surface area contributed by atoms with Crippen LogP contribution >= 0.6 is 0 Å². The van der Waals surface area contributed by atoms with E-state index in [1.165, 1.54) is 0 Å². The topological polar surface area (TPSA) is 68.3 Å². The Morgan fingerprint density at radius 1 is 0.739 bits per heavy atom. The van der Waals surface area contributed by atoms with E-state index in [4.69, 9.17) is 9.59 Å². The van der Waals surface area contributed by atoms with Crippen molar-refractivity contribution in [3.63, 3.8) is 0 Å². The summed E-state index contributed by atoms with van der Waals surface area (Å²) in [4.78, 5) is 35.8. The first-order valence-corrected chi connectivity index (χ1v) is 5.42. The third-order valence-corrected chi connectivity index (χ3v) is 1.27. The zero-order chi connectivity index (χ0) is 15.7. The van der Waals surface area contributed by atoms with Gasteiger partial charge in [-0.3, -0.25) is 13.6 Å². The molecule has 0 bridgehead atoms. The van der Waals surface area contributed by atoms with Gasteiger partial charge < -0.3 is 40.5 Å². The summed E-state index contributed by atoms with van der Waals surface area (Å²) in [7, 11) is 0. The van der Waals surface area contributed by atoms with Crippen LogP contribution < -0.4 is 0 Å². The van der Waals surface area contributed by atoms with E-state index in [9.17, 15) is 9.59 Å². The quantitative estimate of drug-likeness (QED) is 0.324. The van der Waals surface area contributed by atoms with Crippen LogP contribution in [0.2, 0.25) is 0 Å². The average Bonchev–Trinajstić information content (AvgIpc) is 2.20. The molecule has 0 aromatic heterocycles. The summed E-state index contributed by atoms with van der Waals surface area (Å²) in [6, 6.07) is 0. The second-order valence-corrected chi connectivity index (χ2v) is 4.27. The second kappa shape index (κ2) is 49.6. The predicted octanol–water partition coefficient (Wildman–Crippen LogP) is 2.76. The number of Topliss-reactive ketones (excluding diaryl/α,β-unsaturated/α-hetero) is 2. The fourth-order valence-electron chi connectivity index (χ4n) is 0.911. The van der Waals surface area contributed by atoms with Crippen LogP contribution in [0.3, 0.4) is 0 Å². The maximum absolute atomic E-state index is 10.1. The maximum Gasteiger partial charge on any atom is 0 e. The summed E-state index contributed by atoms with van der Waals surface area (Å²) in [5, 5.41) is 0. The van der Waals surface area contributed by atoms with E-state index in [0.717, 1.165) is 0 Å². The Morgan fingerprint density at radius 2 is 0.870 bits per heavy atom. The molecule has 0 amide bonds. The first kappa shape index (κ1) is 56.2. The first-order valence-electron chi connectivity index (χ1n) is 5.42. The van der Waals surface area contributed by atoms with Gasteiger partial charge in [-0.1, -0.05) is 27.7 Å². The van der Waals surface area contributed by atoms with Gasteiger partial charge in [0.05, 0.1) is 0 Å². The predicted molar refractivity (Wildman–Crippen MR) is 79.6 cm³/mol. The molecule has 23 heavy (non-hydrogen) atoms. The third-order valence-electron chi connectivity index (χ3n) is 1.27. The van der Waals surface area contributed by atoms with Crippen molar-refractivity contribution in [1.29, 1.82) is 0 Å². The van der Waals surface area contributed by atoms with E-state index in [2.05, 4.69) is 27.4 Å². The fourth-order valence-corrected chi connectivity index (χ4v) is 0.911. The second-order valence-electron chi connectivity index (χ2n) is 4.27. The molecule has 2 radical (unpaired) electrons. The van der Waals surface area contributed by atoms with Gasteiger partial charge in [-0.05, 0) is 36.2 Å². The molecule has 0 rings (SSSR count). The molecule has 0 aliphatic rings. The van der Waals surface area contributed by atoms with Crippen molar-refractivity contribution in [2.24, 2.45) is 11.8 Å². The molecule has 8 heteroatoms. The van der Waals surface area contributed by atoms with Crippen molar-refractivity contribution in [3.05, 3.63) is 21.3 Å². The molecule has 0 atom stereocenters. The largest absolute Gasteiger partial charge is 0.545 e. The summed E-state index contributed by atoms with van der Waals surface area (Å²) < 4.78 is 0. The number of ketones is 2. The molecule has 134 valence electrons. The molecule has 0 heterocycles. The third kappa shape index (κ3) is 116. The molecule has 0 spiro atoms. The molecule has 0 saturated heterocycles. The van der Waals surface area contributed by atoms with Crippen molar-refractivity contribution in [3.8, 4) is 0 Å². The van der Waals surface area contributed by atoms with Crippen molar-refractivity contribution in [2.75, 3.05) is 0 Å². The van der Waals surface area contributed by atoms with Crippen LogP contribution in [0.4, 0.5) is 0 Å². The first-order chi connectivity index (χ1) is 8.25. The van der Waals surface area contributed by atoms with E-state index < -0.39 is 0 Å². The zero-order valence-corrected chi connectivity index (χ0v) is 26.3. The minimum absolute atomic E-state index is 0. The van der Waals surface area contributed by atoms with Gasteiger partial charge in [0, 0.05) is 108 Å². The Morgan fingerprint density at radius 3 is 0.870 bits per heavy atom. The molecule has 0 unspecified atom stereocenters. The van der Waals surface area contributed by atoms with Crippen LogP contribution in [0, 0.1) is 33.1 Å². The summed E-state index contributed by atoms with van der Waals surface area (Å²) in [6.07, 6.45) is 1.22. The SMILES string of the molecule is [CH-]=O.[CH-]=O.[CH2-]C(=O)CC(C)C.[CH2-]C(=O)CC(C)C.[CH3-].[W].[W].[Y].[Y]. The van der Waals surface area contributed by atoms with Crippen molar-refractivity contribution in [2.45, 2.75) is 40.5 Å². The van der Waals surface area contributed by atoms with Gasteiger partial charge in [-0.25, -0.2) is 0 Å². The minimum atomic E-state index is 0. The van der Waals surface area contributed by atoms with E-state index in [-0.39, 0.29) is 127 Å². The molecule has 0 aliphatic carbocycles. The van der Waals surface area contributed by atoms with E-state index in [1.807, 2.05) is 27.7 Å². The Kier molecular flexibility index (Phi) is 121. The molecule has 0 saturated carbocycles. The van der Waals surface area contributed by atoms with Gasteiger partial charge in [0.25, 0.3) is 0 Å². The Hall–Kier alpha value is 2.00. The smallest absolute Gasteiger partial charge is 0 e. The van der Waals surface area contributed by atoms with Gasteiger partial charge in [-0.15, -0.1) is 0 Å². The van der Waals surface area contributed by atoms with Gasteiger partial charge in [-0.2, -0.15) is 0 Å². The molecule has 0 aliphatic heterocycles. The van der Waals surface area contributed by atoms with Crippen LogP contribution in [0.5, 0.6) is 0 Å². The summed E-state index contributed by atoms with van der Waals surface area (Å²) in [5.41, 5.74) is 0. The monoisotopic (exact) mass is 817 g/mol. The molecular weight excluding hydrogens is 790 g/mol. The molecule has 4 nitrogen and oxygen atoms in total. The van der Waals surface area contributed by atoms with Gasteiger partial charge in [0.15, 0.2) is 0 Å². The molecule has 0 N–H and O–H groups in total. The maximum atomic E-state index is 10.1. The summed E-state index contributed by atoms with van der Waals surface area (Å²) >= 11 is 0. The number of rotatable bonds is 4. The average molecular weight is 817 g/mol. The Labute approximate surface area is 222 Å². The normalized spacial score (nSPS) is 6.17. The van der Waals surface area contributed by atoms with E-state index >= 15 is 0 Å². The van der Waals surface area contributed by atoms with Crippen LogP contribution in [0.25, 0.3) is 0 Å². The number of hydrogen-bond acceptors (Lipinski definition) is 4. The molecule has 0 aromatic rings. The molecular formula is C15H27O4W2Y2-5. The molecule has 0 aromatic carbocycles. The van der Waals surface area contributed by atoms with Crippen molar-refractivity contribution in [1.82, 2.24) is 0 Å². The minimum Gasteiger partial charge on any atom is -0.545 e. The number of carbonyl (C=O) groups excluding carboxylic acids is 4. The zero-order valence-electron chi connectivity index (χ0n) is 14.7. The van der Waals surface area contributed by atoms with Gasteiger partial charge >= 0.3 is 0 Å². The Balaban J connectivity index is -0.0000000169. The van der Waals surface area contributed by atoms with Crippen LogP contribution in [-0.2, 0) is 127 Å². The Bertz CT molecular complexity index is 196. The standard InChI is InChI=1S/2C6H11O.2CHO.CH3.2W.2Y/c2*1-5(2)4-6(3)7;2*1-2;;;;;/h2*5H,3-4H2,1-2H3;2*1H;1H3;;;;/q5*-1;;;;. The number of carbonyl (C=O) groups is 2. The molecule has 0 fully saturated rings. The van der Waals surface area contributed by atoms with Crippen LogP contribution in [0.15, 0.2) is 0 Å². The fraction of sp³-hybridized carbons (Fsp3) is 0.533. The summed E-state index contributed by atoms with van der Waals surface area (Å²) in [5.74, 6) is 1.00. The van der Waals surface area contributed by atoms with Crippen LogP contribution in [-0.4, -0.2) is 25.1 Å². The van der Waals surface area contributed by atoms with Gasteiger partial charge in [0.2, 0.25) is 0 Å².